The maximum Gasteiger partial charge on any atom is 0.251 e. The molecule has 0 unspecified atom stereocenters. The monoisotopic (exact) mass is 471 g/mol. The first-order chi connectivity index (χ1) is 16.5. The van der Waals surface area contributed by atoms with E-state index >= 15 is 0 Å². The van der Waals surface area contributed by atoms with Gasteiger partial charge >= 0.3 is 0 Å². The number of nitrogens with zero attached hydrogens (tertiary/aromatic N) is 2. The summed E-state index contributed by atoms with van der Waals surface area (Å²) >= 11 is 6.56. The van der Waals surface area contributed by atoms with Gasteiger partial charge in [0.2, 0.25) is 0 Å². The van der Waals surface area contributed by atoms with Crippen LogP contribution in [0.2, 0.25) is 5.02 Å². The molecule has 1 aliphatic rings. The molecule has 5 rings (SSSR count). The van der Waals surface area contributed by atoms with E-state index in [1.54, 1.807) is 4.90 Å². The van der Waals surface area contributed by atoms with Crippen molar-refractivity contribution in [2.75, 3.05) is 6.54 Å². The maximum absolute atomic E-state index is 12.2. The molecule has 1 aliphatic heterocycles. The third-order valence-electron chi connectivity index (χ3n) is 6.37. The van der Waals surface area contributed by atoms with Crippen molar-refractivity contribution in [2.45, 2.75) is 32.4 Å². The van der Waals surface area contributed by atoms with Crippen LogP contribution in [0.4, 0.5) is 0 Å². The molecule has 0 spiro atoms. The number of benzene rings is 3. The molecule has 1 aromatic heterocycles. The Balaban J connectivity index is 1.40. The predicted octanol–water partition coefficient (Wildman–Crippen LogP) is 5.25. The molecule has 0 bridgehead atoms. The molecule has 1 amide bonds. The van der Waals surface area contributed by atoms with E-state index in [-0.39, 0.29) is 5.91 Å². The standard InChI is InChI=1S/C28H26ClN3O2/c1-18(33)28(34)32-13-12-23-21(8-5-9-22(23)17-32)14-19-10-11-25(29)24(15-19)27-30-16-26(31-27)20-6-3-2-4-7-20/h2-11,15-16,18,33H,12-14,17H2,1H3,(H,30,31)/t18-/m0/s1. The minimum Gasteiger partial charge on any atom is -0.384 e. The van der Waals surface area contributed by atoms with Crippen molar-refractivity contribution in [1.82, 2.24) is 14.9 Å². The normalized spacial score (nSPS) is 14.0. The molecule has 0 radical (unpaired) electrons. The lowest BCUT2D eigenvalue weighted by molar-refractivity contribution is -0.140. The maximum atomic E-state index is 12.2. The van der Waals surface area contributed by atoms with Gasteiger partial charge in [-0.2, -0.15) is 0 Å². The van der Waals surface area contributed by atoms with Gasteiger partial charge in [-0.3, -0.25) is 4.79 Å². The first-order valence-corrected chi connectivity index (χ1v) is 11.8. The van der Waals surface area contributed by atoms with E-state index < -0.39 is 6.10 Å². The Bertz CT molecular complexity index is 1330. The average Bonchev–Trinajstić information content (AvgIpc) is 3.35. The molecule has 4 aromatic rings. The summed E-state index contributed by atoms with van der Waals surface area (Å²) in [5.74, 6) is 0.528. The van der Waals surface area contributed by atoms with E-state index in [1.165, 1.54) is 18.1 Å². The van der Waals surface area contributed by atoms with E-state index in [0.29, 0.717) is 18.1 Å². The van der Waals surface area contributed by atoms with Crippen molar-refractivity contribution in [1.29, 1.82) is 0 Å². The average molecular weight is 472 g/mol. The number of amides is 1. The zero-order valence-electron chi connectivity index (χ0n) is 19.0. The molecule has 0 fully saturated rings. The van der Waals surface area contributed by atoms with Crippen LogP contribution in [0.1, 0.15) is 29.2 Å². The van der Waals surface area contributed by atoms with Gasteiger partial charge in [0.15, 0.2) is 0 Å². The van der Waals surface area contributed by atoms with Gasteiger partial charge in [-0.05, 0) is 59.7 Å². The van der Waals surface area contributed by atoms with Gasteiger partial charge in [-0.1, -0.05) is 66.2 Å². The number of H-pyrrole nitrogens is 1. The van der Waals surface area contributed by atoms with Gasteiger partial charge in [-0.25, -0.2) is 4.98 Å². The summed E-state index contributed by atoms with van der Waals surface area (Å²) in [6.45, 7) is 2.68. The molecular weight excluding hydrogens is 446 g/mol. The van der Waals surface area contributed by atoms with Crippen LogP contribution in [0.5, 0.6) is 0 Å². The Morgan fingerprint density at radius 3 is 2.76 bits per heavy atom. The first-order valence-electron chi connectivity index (χ1n) is 11.5. The number of aliphatic hydroxyl groups excluding tert-OH is 1. The van der Waals surface area contributed by atoms with E-state index in [4.69, 9.17) is 11.6 Å². The summed E-state index contributed by atoms with van der Waals surface area (Å²) < 4.78 is 0. The van der Waals surface area contributed by atoms with Crippen LogP contribution in [-0.4, -0.2) is 38.5 Å². The molecule has 172 valence electrons. The second-order valence-corrected chi connectivity index (χ2v) is 9.15. The van der Waals surface area contributed by atoms with E-state index in [1.807, 2.05) is 48.7 Å². The zero-order chi connectivity index (χ0) is 23.7. The predicted molar refractivity (Wildman–Crippen MR) is 135 cm³/mol. The topological polar surface area (TPSA) is 69.2 Å². The highest BCUT2D eigenvalue weighted by atomic mass is 35.5. The molecule has 6 heteroatoms. The number of aromatic amines is 1. The number of aliphatic hydroxyl groups is 1. The Kier molecular flexibility index (Phi) is 6.22. The lowest BCUT2D eigenvalue weighted by Gasteiger charge is -2.31. The molecule has 2 heterocycles. The van der Waals surface area contributed by atoms with Crippen LogP contribution in [0.25, 0.3) is 22.6 Å². The summed E-state index contributed by atoms with van der Waals surface area (Å²) in [6, 6.07) is 22.4. The number of carbonyl (C=O) groups is 1. The van der Waals surface area contributed by atoms with Crippen LogP contribution < -0.4 is 0 Å². The van der Waals surface area contributed by atoms with Crippen molar-refractivity contribution < 1.29 is 9.90 Å². The Labute approximate surface area is 204 Å². The molecule has 1 atom stereocenters. The minimum absolute atomic E-state index is 0.216. The van der Waals surface area contributed by atoms with Crippen LogP contribution in [0.3, 0.4) is 0 Å². The smallest absolute Gasteiger partial charge is 0.251 e. The van der Waals surface area contributed by atoms with Crippen molar-refractivity contribution in [3.8, 4) is 22.6 Å². The third-order valence-corrected chi connectivity index (χ3v) is 6.70. The highest BCUT2D eigenvalue weighted by molar-refractivity contribution is 6.33. The summed E-state index contributed by atoms with van der Waals surface area (Å²) in [7, 11) is 0. The molecule has 34 heavy (non-hydrogen) atoms. The largest absolute Gasteiger partial charge is 0.384 e. The lowest BCUT2D eigenvalue weighted by Crippen LogP contribution is -2.41. The number of rotatable bonds is 5. The van der Waals surface area contributed by atoms with Crippen LogP contribution in [0.15, 0.2) is 72.9 Å². The van der Waals surface area contributed by atoms with Crippen molar-refractivity contribution >= 4 is 17.5 Å². The molecule has 0 saturated heterocycles. The van der Waals surface area contributed by atoms with Gasteiger partial charge < -0.3 is 15.0 Å². The number of carbonyl (C=O) groups excluding carboxylic acids is 1. The number of halogens is 1. The van der Waals surface area contributed by atoms with Gasteiger partial charge in [0.25, 0.3) is 5.91 Å². The number of aromatic nitrogens is 2. The van der Waals surface area contributed by atoms with Crippen molar-refractivity contribution in [3.63, 3.8) is 0 Å². The Morgan fingerprint density at radius 2 is 1.97 bits per heavy atom. The molecule has 3 aromatic carbocycles. The fourth-order valence-corrected chi connectivity index (χ4v) is 4.82. The van der Waals surface area contributed by atoms with Crippen LogP contribution in [-0.2, 0) is 24.2 Å². The number of nitrogens with one attached hydrogen (secondary N) is 1. The fraction of sp³-hybridized carbons (Fsp3) is 0.214. The number of fused-ring (bicyclic) bond motifs is 1. The van der Waals surface area contributed by atoms with Gasteiger partial charge in [0.05, 0.1) is 16.9 Å². The summed E-state index contributed by atoms with van der Waals surface area (Å²) in [6.07, 6.45) is 2.41. The molecule has 5 nitrogen and oxygen atoms in total. The van der Waals surface area contributed by atoms with Crippen LogP contribution >= 0.6 is 11.6 Å². The second kappa shape index (κ2) is 9.45. The van der Waals surface area contributed by atoms with E-state index in [0.717, 1.165) is 46.6 Å². The number of hydrogen-bond acceptors (Lipinski definition) is 3. The highest BCUT2D eigenvalue weighted by Crippen LogP contribution is 2.31. The quantitative estimate of drug-likeness (QED) is 0.417. The molecule has 2 N–H and O–H groups in total. The SMILES string of the molecule is C[C@H](O)C(=O)N1CCc2c(Cc3ccc(Cl)c(-c4ncc(-c5ccccc5)[nH]4)c3)cccc2C1. The summed E-state index contributed by atoms with van der Waals surface area (Å²) in [4.78, 5) is 22.0. The van der Waals surface area contributed by atoms with Crippen molar-refractivity contribution in [2.24, 2.45) is 0 Å². The van der Waals surface area contributed by atoms with Gasteiger partial charge in [-0.15, -0.1) is 0 Å². The molecular formula is C28H26ClN3O2. The second-order valence-electron chi connectivity index (χ2n) is 8.74. The number of imidazole rings is 1. The molecule has 0 saturated carbocycles. The zero-order valence-corrected chi connectivity index (χ0v) is 19.7. The summed E-state index contributed by atoms with van der Waals surface area (Å²) in [5, 5.41) is 10.3. The van der Waals surface area contributed by atoms with E-state index in [9.17, 15) is 9.90 Å². The number of hydrogen-bond donors (Lipinski definition) is 2. The third kappa shape index (κ3) is 4.49. The molecule has 0 aliphatic carbocycles. The highest BCUT2D eigenvalue weighted by Gasteiger charge is 2.24. The van der Waals surface area contributed by atoms with Crippen LogP contribution in [0, 0.1) is 0 Å². The van der Waals surface area contributed by atoms with Gasteiger partial charge in [0, 0.05) is 18.7 Å². The van der Waals surface area contributed by atoms with E-state index in [2.05, 4.69) is 34.2 Å². The first kappa shape index (κ1) is 22.4. The van der Waals surface area contributed by atoms with Gasteiger partial charge in [0.1, 0.15) is 11.9 Å². The van der Waals surface area contributed by atoms with Crippen molar-refractivity contribution in [3.05, 3.63) is 100 Å². The summed E-state index contributed by atoms with van der Waals surface area (Å²) in [5.41, 5.74) is 7.73. The Hall–Kier alpha value is -3.41. The fourth-order valence-electron chi connectivity index (χ4n) is 4.61. The lowest BCUT2D eigenvalue weighted by atomic mass is 9.90. The Morgan fingerprint density at radius 1 is 1.15 bits per heavy atom. The minimum atomic E-state index is -0.971.